The monoisotopic (exact) mass is 314 g/mol. The minimum atomic E-state index is 0.186. The Balaban J connectivity index is 1.76. The minimum absolute atomic E-state index is 0.186. The van der Waals surface area contributed by atoms with Gasteiger partial charge in [0.15, 0.2) is 0 Å². The lowest BCUT2D eigenvalue weighted by Gasteiger charge is -2.35. The number of benzene rings is 1. The quantitative estimate of drug-likeness (QED) is 0.864. The summed E-state index contributed by atoms with van der Waals surface area (Å²) in [4.78, 5) is 18.0. The molecule has 0 spiro atoms. The van der Waals surface area contributed by atoms with Crippen molar-refractivity contribution in [2.45, 2.75) is 18.9 Å². The van der Waals surface area contributed by atoms with Gasteiger partial charge < -0.3 is 9.80 Å². The van der Waals surface area contributed by atoms with Gasteiger partial charge in [-0.25, -0.2) is 0 Å². The predicted molar refractivity (Wildman–Crippen MR) is 92.4 cm³/mol. The molecule has 1 amide bonds. The van der Waals surface area contributed by atoms with E-state index in [4.69, 9.17) is 0 Å². The van der Waals surface area contributed by atoms with E-state index in [1.165, 1.54) is 0 Å². The zero-order valence-corrected chi connectivity index (χ0v) is 14.0. The van der Waals surface area contributed by atoms with Gasteiger partial charge in [-0.05, 0) is 43.9 Å². The average molecular weight is 314 g/mol. The number of carbonyl (C=O) groups is 1. The van der Waals surface area contributed by atoms with Gasteiger partial charge in [-0.1, -0.05) is 30.3 Å². The molecule has 4 heteroatoms. The third-order valence-corrected chi connectivity index (χ3v) is 5.33. The van der Waals surface area contributed by atoms with E-state index in [0.717, 1.165) is 41.9 Å². The first-order valence-electron chi connectivity index (χ1n) is 7.75. The van der Waals surface area contributed by atoms with Gasteiger partial charge in [0.2, 0.25) is 0 Å². The standard InChI is InChI=1S/C18H22N2OS/c1-19(2)15-8-11-20(12-9-15)18(21)17-16(10-13-22-17)14-6-4-3-5-7-14/h3-7,10,13,15H,8-9,11-12H2,1-2H3. The maximum atomic E-state index is 12.9. The fourth-order valence-electron chi connectivity index (χ4n) is 3.05. The predicted octanol–water partition coefficient (Wildman–Crippen LogP) is 3.58. The Morgan fingerprint density at radius 1 is 1.14 bits per heavy atom. The summed E-state index contributed by atoms with van der Waals surface area (Å²) < 4.78 is 0. The highest BCUT2D eigenvalue weighted by molar-refractivity contribution is 7.12. The molecule has 0 aliphatic carbocycles. The van der Waals surface area contributed by atoms with E-state index in [2.05, 4.69) is 37.2 Å². The Kier molecular flexibility index (Phi) is 4.60. The Bertz CT molecular complexity index is 628. The highest BCUT2D eigenvalue weighted by Gasteiger charge is 2.26. The molecule has 22 heavy (non-hydrogen) atoms. The number of hydrogen-bond donors (Lipinski definition) is 0. The summed E-state index contributed by atoms with van der Waals surface area (Å²) in [6.07, 6.45) is 2.12. The molecule has 116 valence electrons. The van der Waals surface area contributed by atoms with E-state index in [0.29, 0.717) is 6.04 Å². The second-order valence-corrected chi connectivity index (χ2v) is 6.93. The zero-order chi connectivity index (χ0) is 15.5. The molecule has 2 heterocycles. The number of nitrogens with zero attached hydrogens (tertiary/aromatic N) is 2. The molecule has 1 aliphatic rings. The molecule has 1 aliphatic heterocycles. The number of amides is 1. The fourth-order valence-corrected chi connectivity index (χ4v) is 3.93. The van der Waals surface area contributed by atoms with E-state index in [-0.39, 0.29) is 5.91 Å². The number of rotatable bonds is 3. The van der Waals surface area contributed by atoms with Crippen LogP contribution in [0.3, 0.4) is 0 Å². The molecule has 0 bridgehead atoms. The molecular formula is C18H22N2OS. The van der Waals surface area contributed by atoms with Crippen LogP contribution in [0.4, 0.5) is 0 Å². The van der Waals surface area contributed by atoms with Crippen LogP contribution in [-0.2, 0) is 0 Å². The molecule has 3 nitrogen and oxygen atoms in total. The van der Waals surface area contributed by atoms with Crippen LogP contribution in [0.25, 0.3) is 11.1 Å². The first-order chi connectivity index (χ1) is 10.7. The molecule has 1 saturated heterocycles. The largest absolute Gasteiger partial charge is 0.338 e. The van der Waals surface area contributed by atoms with Crippen LogP contribution in [0.1, 0.15) is 22.5 Å². The lowest BCUT2D eigenvalue weighted by molar-refractivity contribution is 0.0669. The average Bonchev–Trinajstić information content (AvgIpc) is 3.04. The first-order valence-corrected chi connectivity index (χ1v) is 8.63. The first kappa shape index (κ1) is 15.3. The van der Waals surface area contributed by atoms with Crippen LogP contribution in [0.5, 0.6) is 0 Å². The zero-order valence-electron chi connectivity index (χ0n) is 13.2. The molecule has 0 unspecified atom stereocenters. The van der Waals surface area contributed by atoms with Crippen molar-refractivity contribution in [1.29, 1.82) is 0 Å². The SMILES string of the molecule is CN(C)C1CCN(C(=O)c2sccc2-c2ccccc2)CC1. The van der Waals surface area contributed by atoms with Crippen molar-refractivity contribution in [2.75, 3.05) is 27.2 Å². The van der Waals surface area contributed by atoms with Crippen LogP contribution in [0.2, 0.25) is 0 Å². The van der Waals surface area contributed by atoms with Crippen LogP contribution in [0, 0.1) is 0 Å². The number of piperidine rings is 1. The van der Waals surface area contributed by atoms with Crippen molar-refractivity contribution in [3.63, 3.8) is 0 Å². The van der Waals surface area contributed by atoms with Gasteiger partial charge in [0, 0.05) is 24.7 Å². The van der Waals surface area contributed by atoms with Crippen molar-refractivity contribution in [3.8, 4) is 11.1 Å². The molecule has 0 atom stereocenters. The summed E-state index contributed by atoms with van der Waals surface area (Å²) in [5, 5.41) is 2.02. The molecule has 0 radical (unpaired) electrons. The van der Waals surface area contributed by atoms with Crippen molar-refractivity contribution in [1.82, 2.24) is 9.80 Å². The van der Waals surface area contributed by atoms with Gasteiger partial charge in [-0.15, -0.1) is 11.3 Å². The maximum Gasteiger partial charge on any atom is 0.264 e. The molecule has 1 aromatic carbocycles. The van der Waals surface area contributed by atoms with Gasteiger partial charge in [-0.2, -0.15) is 0 Å². The van der Waals surface area contributed by atoms with Gasteiger partial charge in [-0.3, -0.25) is 4.79 Å². The fraction of sp³-hybridized carbons (Fsp3) is 0.389. The Morgan fingerprint density at radius 3 is 2.45 bits per heavy atom. The Labute approximate surface area is 136 Å². The van der Waals surface area contributed by atoms with E-state index in [1.807, 2.05) is 28.5 Å². The summed E-state index contributed by atoms with van der Waals surface area (Å²) in [6.45, 7) is 1.71. The van der Waals surface area contributed by atoms with Crippen LogP contribution in [-0.4, -0.2) is 48.9 Å². The lowest BCUT2D eigenvalue weighted by Crippen LogP contribution is -2.44. The van der Waals surface area contributed by atoms with Gasteiger partial charge in [0.25, 0.3) is 5.91 Å². The number of thiophene rings is 1. The normalized spacial score (nSPS) is 16.2. The lowest BCUT2D eigenvalue weighted by atomic mass is 10.0. The van der Waals surface area contributed by atoms with E-state index in [9.17, 15) is 4.79 Å². The maximum absolute atomic E-state index is 12.9. The third kappa shape index (κ3) is 3.08. The number of carbonyl (C=O) groups excluding carboxylic acids is 1. The minimum Gasteiger partial charge on any atom is -0.338 e. The van der Waals surface area contributed by atoms with E-state index < -0.39 is 0 Å². The van der Waals surface area contributed by atoms with Gasteiger partial charge in [0.05, 0.1) is 4.88 Å². The molecule has 1 aromatic heterocycles. The molecule has 1 fully saturated rings. The van der Waals surface area contributed by atoms with Crippen LogP contribution >= 0.6 is 11.3 Å². The smallest absolute Gasteiger partial charge is 0.264 e. The number of likely N-dealkylation sites (tertiary alicyclic amines) is 1. The van der Waals surface area contributed by atoms with Crippen molar-refractivity contribution < 1.29 is 4.79 Å². The van der Waals surface area contributed by atoms with Gasteiger partial charge >= 0.3 is 0 Å². The highest BCUT2D eigenvalue weighted by Crippen LogP contribution is 2.30. The summed E-state index contributed by atoms with van der Waals surface area (Å²) in [5.74, 6) is 0.186. The highest BCUT2D eigenvalue weighted by atomic mass is 32.1. The summed E-state index contributed by atoms with van der Waals surface area (Å²) in [5.41, 5.74) is 2.18. The van der Waals surface area contributed by atoms with Crippen LogP contribution < -0.4 is 0 Å². The van der Waals surface area contributed by atoms with Gasteiger partial charge in [0.1, 0.15) is 0 Å². The molecule has 0 N–H and O–H groups in total. The topological polar surface area (TPSA) is 23.6 Å². The molecular weight excluding hydrogens is 292 g/mol. The summed E-state index contributed by atoms with van der Waals surface area (Å²) in [6, 6.07) is 12.8. The summed E-state index contributed by atoms with van der Waals surface area (Å²) in [7, 11) is 4.24. The van der Waals surface area contributed by atoms with Crippen molar-refractivity contribution in [2.24, 2.45) is 0 Å². The van der Waals surface area contributed by atoms with E-state index in [1.54, 1.807) is 11.3 Å². The second kappa shape index (κ2) is 6.63. The molecule has 2 aromatic rings. The van der Waals surface area contributed by atoms with Crippen molar-refractivity contribution >= 4 is 17.2 Å². The third-order valence-electron chi connectivity index (χ3n) is 4.43. The van der Waals surface area contributed by atoms with Crippen LogP contribution in [0.15, 0.2) is 41.8 Å². The Hall–Kier alpha value is -1.65. The Morgan fingerprint density at radius 2 is 1.82 bits per heavy atom. The second-order valence-electron chi connectivity index (χ2n) is 6.02. The summed E-state index contributed by atoms with van der Waals surface area (Å²) >= 11 is 1.55. The number of hydrogen-bond acceptors (Lipinski definition) is 3. The van der Waals surface area contributed by atoms with Crippen molar-refractivity contribution in [3.05, 3.63) is 46.7 Å². The molecule has 0 saturated carbocycles. The molecule has 3 rings (SSSR count). The van der Waals surface area contributed by atoms with E-state index >= 15 is 0 Å².